The van der Waals surface area contributed by atoms with Gasteiger partial charge in [-0.3, -0.25) is 9.59 Å². The van der Waals surface area contributed by atoms with Gasteiger partial charge >= 0.3 is 11.9 Å². The summed E-state index contributed by atoms with van der Waals surface area (Å²) in [5.41, 5.74) is 2.93. The first-order chi connectivity index (χ1) is 12.4. The normalized spacial score (nSPS) is 17.7. The van der Waals surface area contributed by atoms with Crippen LogP contribution < -0.4 is 5.43 Å². The predicted molar refractivity (Wildman–Crippen MR) is 90.5 cm³/mol. The fourth-order valence-electron chi connectivity index (χ4n) is 2.38. The zero-order valence-corrected chi connectivity index (χ0v) is 14.8. The van der Waals surface area contributed by atoms with Crippen molar-refractivity contribution in [3.05, 3.63) is 27.5 Å². The smallest absolute Gasteiger partial charge is 0.340 e. The lowest BCUT2D eigenvalue weighted by molar-refractivity contribution is -0.139. The van der Waals surface area contributed by atoms with Crippen molar-refractivity contribution in [1.29, 1.82) is 0 Å². The third-order valence-electron chi connectivity index (χ3n) is 3.84. The molecule has 1 aromatic rings. The Morgan fingerprint density at radius 3 is 2.65 bits per heavy atom. The number of halogens is 1. The van der Waals surface area contributed by atoms with Crippen LogP contribution in [0.2, 0.25) is 5.15 Å². The Morgan fingerprint density at radius 2 is 2.04 bits per heavy atom. The fraction of sp³-hybridized carbons (Fsp3) is 0.375. The van der Waals surface area contributed by atoms with E-state index in [2.05, 4.69) is 20.2 Å². The molecule has 0 saturated heterocycles. The number of carbonyl (C=O) groups is 3. The van der Waals surface area contributed by atoms with E-state index in [4.69, 9.17) is 21.1 Å². The highest BCUT2D eigenvalue weighted by Crippen LogP contribution is 2.29. The number of methoxy groups -OCH3 is 2. The van der Waals surface area contributed by atoms with Crippen molar-refractivity contribution in [2.75, 3.05) is 14.2 Å². The number of nitrogens with zero attached hydrogens (tertiary/aromatic N) is 1. The molecule has 1 aliphatic heterocycles. The van der Waals surface area contributed by atoms with Crippen LogP contribution in [0.5, 0.6) is 0 Å². The molecular weight excluding hydrogens is 366 g/mol. The van der Waals surface area contributed by atoms with Crippen molar-refractivity contribution < 1.29 is 28.6 Å². The zero-order valence-electron chi connectivity index (χ0n) is 14.1. The van der Waals surface area contributed by atoms with Crippen molar-refractivity contribution in [2.45, 2.75) is 25.4 Å². The topological polar surface area (TPSA) is 119 Å². The van der Waals surface area contributed by atoms with Crippen LogP contribution in [0.1, 0.15) is 34.5 Å². The molecule has 0 unspecified atom stereocenters. The molecule has 138 valence electrons. The van der Waals surface area contributed by atoms with E-state index < -0.39 is 17.8 Å². The highest BCUT2D eigenvalue weighted by Gasteiger charge is 2.33. The molecule has 0 radical (unpaired) electrons. The number of aromatic nitrogens is 1. The Hall–Kier alpha value is -2.81. The van der Waals surface area contributed by atoms with Gasteiger partial charge in [0.05, 0.1) is 31.9 Å². The van der Waals surface area contributed by atoms with Gasteiger partial charge in [-0.15, -0.1) is 5.10 Å². The van der Waals surface area contributed by atoms with Gasteiger partial charge in [0.2, 0.25) is 5.90 Å². The largest absolute Gasteiger partial charge is 0.473 e. The second-order valence-electron chi connectivity index (χ2n) is 5.68. The van der Waals surface area contributed by atoms with E-state index in [0.29, 0.717) is 0 Å². The number of hydrogen-bond donors (Lipinski definition) is 2. The molecule has 9 nitrogen and oxygen atoms in total. The van der Waals surface area contributed by atoms with Gasteiger partial charge in [0.1, 0.15) is 16.8 Å². The number of ether oxygens (including phenoxy) is 3. The number of hydrogen-bond acceptors (Lipinski definition) is 7. The first-order valence-corrected chi connectivity index (χ1v) is 8.14. The lowest BCUT2D eigenvalue weighted by atomic mass is 10.1. The lowest BCUT2D eigenvalue weighted by Gasteiger charge is -2.05. The lowest BCUT2D eigenvalue weighted by Crippen LogP contribution is -2.15. The van der Waals surface area contributed by atoms with Gasteiger partial charge in [-0.2, -0.15) is 0 Å². The maximum Gasteiger partial charge on any atom is 0.340 e. The van der Waals surface area contributed by atoms with Crippen LogP contribution in [0.3, 0.4) is 0 Å². The molecular formula is C16H16ClN3O6. The molecule has 0 spiro atoms. The Labute approximate surface area is 153 Å². The van der Waals surface area contributed by atoms with E-state index in [-0.39, 0.29) is 46.0 Å². The van der Waals surface area contributed by atoms with Gasteiger partial charge in [-0.1, -0.05) is 11.6 Å². The summed E-state index contributed by atoms with van der Waals surface area (Å²) in [4.78, 5) is 38.7. The van der Waals surface area contributed by atoms with Crippen LogP contribution in [-0.4, -0.2) is 49.1 Å². The number of carbonyl (C=O) groups excluding carboxylic acids is 3. The van der Waals surface area contributed by atoms with Gasteiger partial charge in [-0.05, 0) is 18.9 Å². The van der Waals surface area contributed by atoms with Crippen LogP contribution in [0.15, 0.2) is 10.7 Å². The minimum absolute atomic E-state index is 0.0343. The SMILES string of the molecule is COC(=O)Cc1c(Cl)[nH]c(C=C2C(=O)NN=C2OC2CC2)c1C(=O)OC. The molecule has 1 amide bonds. The van der Waals surface area contributed by atoms with Crippen LogP contribution in [0.4, 0.5) is 0 Å². The predicted octanol–water partition coefficient (Wildman–Crippen LogP) is 1.18. The standard InChI is InChI=1S/C16H16ClN3O6/c1-24-11(21)6-8-12(16(23)25-2)10(18-13(8)17)5-9-14(22)19-20-15(9)26-7-3-4-7/h5,7,18H,3-4,6H2,1-2H3,(H,19,22). The van der Waals surface area contributed by atoms with E-state index >= 15 is 0 Å². The molecule has 2 N–H and O–H groups in total. The van der Waals surface area contributed by atoms with Crippen molar-refractivity contribution in [3.8, 4) is 0 Å². The average Bonchev–Trinajstić information content (AvgIpc) is 3.31. The van der Waals surface area contributed by atoms with Gasteiger partial charge in [0.25, 0.3) is 5.91 Å². The number of hydrazone groups is 1. The van der Waals surface area contributed by atoms with Crippen molar-refractivity contribution in [2.24, 2.45) is 5.10 Å². The second kappa shape index (κ2) is 7.20. The number of aromatic amines is 1. The molecule has 1 aliphatic carbocycles. The van der Waals surface area contributed by atoms with Crippen molar-refractivity contribution in [1.82, 2.24) is 10.4 Å². The molecule has 0 atom stereocenters. The molecule has 0 aromatic carbocycles. The summed E-state index contributed by atoms with van der Waals surface area (Å²) in [5.74, 6) is -1.61. The Balaban J connectivity index is 2.02. The summed E-state index contributed by atoms with van der Waals surface area (Å²) >= 11 is 6.14. The molecule has 2 heterocycles. The highest BCUT2D eigenvalue weighted by atomic mass is 35.5. The summed E-state index contributed by atoms with van der Waals surface area (Å²) in [6, 6.07) is 0. The molecule has 1 saturated carbocycles. The number of rotatable bonds is 5. The maximum absolute atomic E-state index is 12.2. The van der Waals surface area contributed by atoms with Gasteiger partial charge in [0.15, 0.2) is 0 Å². The zero-order chi connectivity index (χ0) is 18.8. The second-order valence-corrected chi connectivity index (χ2v) is 6.06. The van der Waals surface area contributed by atoms with Crippen molar-refractivity contribution >= 4 is 41.4 Å². The van der Waals surface area contributed by atoms with E-state index in [1.165, 1.54) is 20.3 Å². The third kappa shape index (κ3) is 3.57. The monoisotopic (exact) mass is 381 g/mol. The summed E-state index contributed by atoms with van der Waals surface area (Å²) < 4.78 is 15.0. The molecule has 3 rings (SSSR count). The maximum atomic E-state index is 12.2. The number of amides is 1. The molecule has 10 heteroatoms. The Morgan fingerprint density at radius 1 is 1.31 bits per heavy atom. The van der Waals surface area contributed by atoms with Gasteiger partial charge in [-0.25, -0.2) is 10.2 Å². The van der Waals surface area contributed by atoms with Crippen LogP contribution in [0.25, 0.3) is 6.08 Å². The Kier molecular flexibility index (Phi) is 4.99. The third-order valence-corrected chi connectivity index (χ3v) is 4.17. The summed E-state index contributed by atoms with van der Waals surface area (Å²) in [7, 11) is 2.43. The minimum atomic E-state index is -0.709. The van der Waals surface area contributed by atoms with Gasteiger partial charge < -0.3 is 19.2 Å². The molecule has 2 aliphatic rings. The first-order valence-electron chi connectivity index (χ1n) is 7.76. The molecule has 1 fully saturated rings. The van der Waals surface area contributed by atoms with Crippen LogP contribution >= 0.6 is 11.6 Å². The summed E-state index contributed by atoms with van der Waals surface area (Å²) in [5, 5.41) is 3.92. The number of H-pyrrole nitrogens is 1. The number of esters is 2. The fourth-order valence-corrected chi connectivity index (χ4v) is 2.64. The Bertz CT molecular complexity index is 837. The quantitative estimate of drug-likeness (QED) is 0.583. The number of nitrogens with one attached hydrogen (secondary N) is 2. The molecule has 1 aromatic heterocycles. The van der Waals surface area contributed by atoms with Crippen LogP contribution in [0, 0.1) is 0 Å². The first kappa shape index (κ1) is 18.0. The van der Waals surface area contributed by atoms with E-state index in [0.717, 1.165) is 12.8 Å². The van der Waals surface area contributed by atoms with Crippen LogP contribution in [-0.2, 0) is 30.2 Å². The summed E-state index contributed by atoms with van der Waals surface area (Å²) in [6.45, 7) is 0. The van der Waals surface area contributed by atoms with E-state index in [9.17, 15) is 14.4 Å². The summed E-state index contributed by atoms with van der Waals surface area (Å²) in [6.07, 6.45) is 2.98. The van der Waals surface area contributed by atoms with E-state index in [1.807, 2.05) is 0 Å². The minimum Gasteiger partial charge on any atom is -0.473 e. The van der Waals surface area contributed by atoms with E-state index in [1.54, 1.807) is 0 Å². The average molecular weight is 382 g/mol. The van der Waals surface area contributed by atoms with Crippen molar-refractivity contribution in [3.63, 3.8) is 0 Å². The molecule has 0 bridgehead atoms. The highest BCUT2D eigenvalue weighted by molar-refractivity contribution is 6.31. The molecule has 26 heavy (non-hydrogen) atoms. The van der Waals surface area contributed by atoms with Gasteiger partial charge in [0, 0.05) is 5.56 Å².